The largest absolute Gasteiger partial charge is 0.0623 e. The van der Waals surface area contributed by atoms with Gasteiger partial charge >= 0.3 is 73.1 Å². The summed E-state index contributed by atoms with van der Waals surface area (Å²) in [7, 11) is -14.2. The molecule has 0 saturated carbocycles. The van der Waals surface area contributed by atoms with Crippen molar-refractivity contribution in [1.29, 1.82) is 0 Å². The molecule has 1 aromatic carbocycles. The Morgan fingerprint density at radius 1 is 0.440 bits per heavy atom. The second-order valence-electron chi connectivity index (χ2n) is 3.14. The van der Waals surface area contributed by atoms with Gasteiger partial charge in [-0.3, -0.25) is 0 Å². The maximum Gasteiger partial charge on any atom is -0.0623 e. The van der Waals surface area contributed by atoms with E-state index in [0.29, 0.717) is 0 Å². The monoisotopic (exact) mass is 424 g/mol. The average molecular weight is 424 g/mol. The Morgan fingerprint density at radius 2 is 0.480 bits per heavy atom. The Morgan fingerprint density at radius 3 is 0.520 bits per heavy atom. The molecule has 1 rings (SSSR count). The molecule has 1 N–H and O–H groups in total. The molecule has 0 atom stereocenters. The van der Waals surface area contributed by atoms with Crippen LogP contribution in [0.15, 0.2) is 36.4 Å². The summed E-state index contributed by atoms with van der Waals surface area (Å²) in [5, 5.41) is 2.75. The second-order valence-corrected chi connectivity index (χ2v) is 3.14. The molecule has 0 fully saturated rings. The first kappa shape index (κ1) is 36.1. The Kier molecular flexibility index (Phi) is 29.6. The molecule has 148 valence electrons. The van der Waals surface area contributed by atoms with E-state index in [1.54, 1.807) is 0 Å². The van der Waals surface area contributed by atoms with Crippen molar-refractivity contribution in [2.45, 2.75) is 0 Å². The van der Waals surface area contributed by atoms with Gasteiger partial charge < -0.3 is 57.1 Å². The first-order valence-corrected chi connectivity index (χ1v) is 5.62. The van der Waals surface area contributed by atoms with Crippen LogP contribution in [0.5, 0.6) is 0 Å². The van der Waals surface area contributed by atoms with Crippen LogP contribution in [0.1, 0.15) is 0 Å². The van der Waals surface area contributed by atoms with Gasteiger partial charge in [-0.15, -0.1) is 0 Å². The van der Waals surface area contributed by atoms with Crippen molar-refractivity contribution in [2.75, 3.05) is 14.1 Å². The SMILES string of the molecule is CNC.F[B-](F)(F)F.F[B-](F)(F)F.F[B-](F)(F)F.[KH].c1ccccc1. The molecule has 0 radical (unpaired) electrons. The zero-order chi connectivity index (χ0) is 20.4. The van der Waals surface area contributed by atoms with Crippen LogP contribution < -0.4 is 5.32 Å². The van der Waals surface area contributed by atoms with Crippen molar-refractivity contribution < 1.29 is 51.8 Å². The van der Waals surface area contributed by atoms with Crippen LogP contribution in [0, 0.1) is 0 Å². The van der Waals surface area contributed by atoms with E-state index < -0.39 is 21.8 Å². The fourth-order valence-electron chi connectivity index (χ4n) is 0.385. The van der Waals surface area contributed by atoms with Crippen LogP contribution in [0.25, 0.3) is 0 Å². The average Bonchev–Trinajstić information content (AvgIpc) is 2.25. The predicted molar refractivity (Wildman–Crippen MR) is 79.1 cm³/mol. The van der Waals surface area contributed by atoms with Crippen LogP contribution in [0.3, 0.4) is 0 Å². The molecule has 25 heavy (non-hydrogen) atoms. The first-order valence-electron chi connectivity index (χ1n) is 5.62. The summed E-state index contributed by atoms with van der Waals surface area (Å²) >= 11 is 0. The zero-order valence-electron chi connectivity index (χ0n) is 12.2. The van der Waals surface area contributed by atoms with Crippen molar-refractivity contribution in [1.82, 2.24) is 5.32 Å². The molecule has 0 saturated heterocycles. The number of halogens is 12. The van der Waals surface area contributed by atoms with E-state index in [4.69, 9.17) is 0 Å². The van der Waals surface area contributed by atoms with Crippen LogP contribution in [-0.4, -0.2) is 87.2 Å². The molecule has 0 aliphatic carbocycles. The number of hydrogen-bond acceptors (Lipinski definition) is 1. The minimum atomic E-state index is -6.00. The molecular weight excluding hydrogens is 410 g/mol. The summed E-state index contributed by atoms with van der Waals surface area (Å²) < 4.78 is 117. The molecule has 0 heterocycles. The van der Waals surface area contributed by atoms with Gasteiger partial charge in [0.25, 0.3) is 0 Å². The summed E-state index contributed by atoms with van der Waals surface area (Å²) in [6.45, 7) is 0. The minimum Gasteiger partial charge on any atom is -0.0623 e. The van der Waals surface area contributed by atoms with Gasteiger partial charge in [0, 0.05) is 0 Å². The molecule has 1 nitrogen and oxygen atoms in total. The number of hydrogen-bond donors (Lipinski definition) is 1. The van der Waals surface area contributed by atoms with Gasteiger partial charge in [0.1, 0.15) is 0 Å². The smallest absolute Gasteiger partial charge is 0.0623 e. The normalized spacial score (nSPS) is 9.84. The van der Waals surface area contributed by atoms with Gasteiger partial charge in [-0.25, -0.2) is 0 Å². The standard InChI is InChI=1S/C6H6.C2H7N.3BF4.K.H/c1-2-4-6-5-3-1;1-3-2;3*2-1(3,4)5;;/h1-6H;3H,1-2H3;;;;;/q;;3*-1;;. The summed E-state index contributed by atoms with van der Waals surface area (Å²) in [6.07, 6.45) is 0. The molecule has 0 amide bonds. The Balaban J connectivity index is -0.0000000671. The van der Waals surface area contributed by atoms with E-state index in [9.17, 15) is 51.8 Å². The molecule has 0 aliphatic rings. The van der Waals surface area contributed by atoms with Gasteiger partial charge in [0.2, 0.25) is 0 Å². The molecule has 0 unspecified atom stereocenters. The van der Waals surface area contributed by atoms with Crippen LogP contribution in [-0.2, 0) is 0 Å². The Hall–Kier alpha value is 0.171. The molecular formula is C8H14B3F12KN-3. The van der Waals surface area contributed by atoms with E-state index in [1.165, 1.54) is 0 Å². The van der Waals surface area contributed by atoms with E-state index in [1.807, 2.05) is 50.5 Å². The summed E-state index contributed by atoms with van der Waals surface area (Å²) in [4.78, 5) is 0. The number of benzene rings is 1. The maximum absolute atomic E-state index is 9.75. The third-order valence-electron chi connectivity index (χ3n) is 0.667. The molecule has 0 aliphatic heterocycles. The molecule has 0 bridgehead atoms. The van der Waals surface area contributed by atoms with E-state index in [0.717, 1.165) is 0 Å². The van der Waals surface area contributed by atoms with Crippen molar-refractivity contribution in [3.8, 4) is 0 Å². The molecule has 0 aromatic heterocycles. The Bertz CT molecular complexity index is 272. The fraction of sp³-hybridized carbons (Fsp3) is 0.250. The number of rotatable bonds is 0. The molecule has 0 spiro atoms. The summed E-state index contributed by atoms with van der Waals surface area (Å²) in [6, 6.07) is 12.0. The van der Waals surface area contributed by atoms with Crippen LogP contribution in [0.4, 0.5) is 51.8 Å². The van der Waals surface area contributed by atoms with Crippen molar-refractivity contribution in [3.05, 3.63) is 36.4 Å². The minimum absolute atomic E-state index is 0. The van der Waals surface area contributed by atoms with Crippen molar-refractivity contribution >= 4 is 73.1 Å². The van der Waals surface area contributed by atoms with Crippen LogP contribution in [0.2, 0.25) is 0 Å². The molecule has 17 heteroatoms. The maximum atomic E-state index is 9.75. The van der Waals surface area contributed by atoms with Crippen LogP contribution >= 0.6 is 0 Å². The van der Waals surface area contributed by atoms with Gasteiger partial charge in [0.15, 0.2) is 0 Å². The summed E-state index contributed by atoms with van der Waals surface area (Å²) in [5.74, 6) is 0. The second kappa shape index (κ2) is 20.5. The third-order valence-corrected chi connectivity index (χ3v) is 0.667. The predicted octanol–water partition coefficient (Wildman–Crippen LogP) is 4.77. The topological polar surface area (TPSA) is 12.0 Å². The fourth-order valence-corrected chi connectivity index (χ4v) is 0.385. The van der Waals surface area contributed by atoms with Gasteiger partial charge in [-0.05, 0) is 14.1 Å². The van der Waals surface area contributed by atoms with Crippen molar-refractivity contribution in [2.24, 2.45) is 0 Å². The Labute approximate surface area is 179 Å². The van der Waals surface area contributed by atoms with Gasteiger partial charge in [-0.1, -0.05) is 36.4 Å². The van der Waals surface area contributed by atoms with Crippen molar-refractivity contribution in [3.63, 3.8) is 0 Å². The van der Waals surface area contributed by atoms with E-state index in [2.05, 4.69) is 5.32 Å². The van der Waals surface area contributed by atoms with Gasteiger partial charge in [-0.2, -0.15) is 0 Å². The quantitative estimate of drug-likeness (QED) is 0.468. The van der Waals surface area contributed by atoms with E-state index in [-0.39, 0.29) is 51.4 Å². The summed E-state index contributed by atoms with van der Waals surface area (Å²) in [5.41, 5.74) is 0. The zero-order valence-corrected chi connectivity index (χ0v) is 12.2. The first-order chi connectivity index (χ1) is 10.4. The molecule has 1 aromatic rings. The van der Waals surface area contributed by atoms with Gasteiger partial charge in [0.05, 0.1) is 0 Å². The number of nitrogens with one attached hydrogen (secondary N) is 1. The van der Waals surface area contributed by atoms with E-state index >= 15 is 0 Å². The third kappa shape index (κ3) is 312.